The summed E-state index contributed by atoms with van der Waals surface area (Å²) in [6.45, 7) is 6.43. The highest BCUT2D eigenvalue weighted by Gasteiger charge is 2.33. The van der Waals surface area contributed by atoms with Gasteiger partial charge in [-0.05, 0) is 26.7 Å². The van der Waals surface area contributed by atoms with Gasteiger partial charge in [0.15, 0.2) is 5.75 Å². The topological polar surface area (TPSA) is 36.3 Å². The van der Waals surface area contributed by atoms with Crippen molar-refractivity contribution >= 4 is 15.9 Å². The summed E-state index contributed by atoms with van der Waals surface area (Å²) in [7, 11) is 1.95. The Kier molecular flexibility index (Phi) is 4.33. The largest absolute Gasteiger partial charge is 0.489 e. The van der Waals surface area contributed by atoms with E-state index in [-0.39, 0.29) is 5.41 Å². The maximum atomic E-state index is 6.05. The smallest absolute Gasteiger partial charge is 0.162 e. The molecule has 1 aromatic heterocycles. The molecule has 2 rings (SSSR count). The van der Waals surface area contributed by atoms with Crippen molar-refractivity contribution in [3.8, 4) is 5.75 Å². The Bertz CT molecular complexity index is 411. The van der Waals surface area contributed by atoms with E-state index in [9.17, 15) is 0 Å². The standard InChI is InChI=1S/C13H21BrN2O2/c1-10-12(11(2)16(3)15-10)18-9-13(8-14)4-6-17-7-5-13/h4-9H2,1-3H3. The third kappa shape index (κ3) is 2.72. The number of halogens is 1. The van der Waals surface area contributed by atoms with Crippen molar-refractivity contribution < 1.29 is 9.47 Å². The Hall–Kier alpha value is -0.550. The van der Waals surface area contributed by atoms with Gasteiger partial charge in [0.2, 0.25) is 0 Å². The van der Waals surface area contributed by atoms with Crippen LogP contribution in [0.2, 0.25) is 0 Å². The molecule has 1 aromatic rings. The first-order chi connectivity index (χ1) is 8.58. The van der Waals surface area contributed by atoms with Crippen LogP contribution < -0.4 is 4.74 Å². The molecule has 0 atom stereocenters. The zero-order valence-electron chi connectivity index (χ0n) is 11.3. The lowest BCUT2D eigenvalue weighted by Gasteiger charge is -2.35. The Labute approximate surface area is 117 Å². The molecule has 5 heteroatoms. The van der Waals surface area contributed by atoms with Crippen LogP contribution in [-0.4, -0.2) is 34.9 Å². The summed E-state index contributed by atoms with van der Waals surface area (Å²) in [5.41, 5.74) is 2.25. The predicted octanol–water partition coefficient (Wildman–Crippen LogP) is 2.61. The number of hydrogen-bond acceptors (Lipinski definition) is 3. The molecule has 1 aliphatic heterocycles. The summed E-state index contributed by atoms with van der Waals surface area (Å²) in [4.78, 5) is 0. The molecule has 1 saturated heterocycles. The van der Waals surface area contributed by atoms with E-state index in [0.29, 0.717) is 0 Å². The Balaban J connectivity index is 2.05. The highest BCUT2D eigenvalue weighted by molar-refractivity contribution is 9.09. The van der Waals surface area contributed by atoms with Crippen molar-refractivity contribution in [1.29, 1.82) is 0 Å². The number of ether oxygens (including phenoxy) is 2. The van der Waals surface area contributed by atoms with Crippen molar-refractivity contribution in [1.82, 2.24) is 9.78 Å². The number of nitrogens with zero attached hydrogens (tertiary/aromatic N) is 2. The summed E-state index contributed by atoms with van der Waals surface area (Å²) < 4.78 is 13.4. The second-order valence-electron chi connectivity index (χ2n) is 5.16. The average Bonchev–Trinajstić information content (AvgIpc) is 2.62. The second kappa shape index (κ2) is 5.61. The maximum Gasteiger partial charge on any atom is 0.162 e. The highest BCUT2D eigenvalue weighted by Crippen LogP contribution is 2.34. The lowest BCUT2D eigenvalue weighted by Crippen LogP contribution is -2.36. The third-order valence-electron chi connectivity index (χ3n) is 3.80. The van der Waals surface area contributed by atoms with Gasteiger partial charge in [0.1, 0.15) is 5.69 Å². The van der Waals surface area contributed by atoms with Gasteiger partial charge in [-0.25, -0.2) is 0 Å². The summed E-state index contributed by atoms with van der Waals surface area (Å²) in [5, 5.41) is 5.34. The molecule has 102 valence electrons. The molecule has 0 unspecified atom stereocenters. The van der Waals surface area contributed by atoms with E-state index in [2.05, 4.69) is 21.0 Å². The molecule has 0 bridgehead atoms. The number of alkyl halides is 1. The minimum absolute atomic E-state index is 0.201. The fourth-order valence-electron chi connectivity index (χ4n) is 2.31. The number of rotatable bonds is 4. The summed E-state index contributed by atoms with van der Waals surface area (Å²) in [5.74, 6) is 0.935. The molecule has 0 radical (unpaired) electrons. The molecule has 1 aliphatic rings. The Morgan fingerprint density at radius 3 is 2.56 bits per heavy atom. The van der Waals surface area contributed by atoms with Gasteiger partial charge in [0.25, 0.3) is 0 Å². The molecule has 18 heavy (non-hydrogen) atoms. The van der Waals surface area contributed by atoms with Gasteiger partial charge >= 0.3 is 0 Å². The fourth-order valence-corrected chi connectivity index (χ4v) is 3.03. The van der Waals surface area contributed by atoms with Gasteiger partial charge in [-0.3, -0.25) is 4.68 Å². The first-order valence-corrected chi connectivity index (χ1v) is 7.47. The third-order valence-corrected chi connectivity index (χ3v) is 4.99. The molecule has 0 aromatic carbocycles. The Morgan fingerprint density at radius 1 is 1.39 bits per heavy atom. The molecular formula is C13H21BrN2O2. The van der Waals surface area contributed by atoms with E-state index in [1.165, 1.54) is 0 Å². The molecule has 0 saturated carbocycles. The predicted molar refractivity (Wildman–Crippen MR) is 74.5 cm³/mol. The SMILES string of the molecule is Cc1nn(C)c(C)c1OCC1(CBr)CCOCC1. The second-order valence-corrected chi connectivity index (χ2v) is 5.72. The van der Waals surface area contributed by atoms with Gasteiger partial charge in [-0.15, -0.1) is 0 Å². The van der Waals surface area contributed by atoms with Crippen molar-refractivity contribution in [2.45, 2.75) is 26.7 Å². The molecule has 0 N–H and O–H groups in total. The molecular weight excluding hydrogens is 296 g/mol. The molecule has 1 fully saturated rings. The number of hydrogen-bond donors (Lipinski definition) is 0. The summed E-state index contributed by atoms with van der Waals surface area (Å²) in [6.07, 6.45) is 2.10. The van der Waals surface area contributed by atoms with E-state index >= 15 is 0 Å². The van der Waals surface area contributed by atoms with E-state index < -0.39 is 0 Å². The lowest BCUT2D eigenvalue weighted by molar-refractivity contribution is 0.00330. The Morgan fingerprint density at radius 2 is 2.06 bits per heavy atom. The van der Waals surface area contributed by atoms with Gasteiger partial charge in [-0.1, -0.05) is 15.9 Å². The molecule has 4 nitrogen and oxygen atoms in total. The molecule has 0 spiro atoms. The van der Waals surface area contributed by atoms with Crippen LogP contribution in [0, 0.1) is 19.3 Å². The molecule has 0 aliphatic carbocycles. The van der Waals surface area contributed by atoms with Crippen molar-refractivity contribution in [3.05, 3.63) is 11.4 Å². The van der Waals surface area contributed by atoms with E-state index in [1.807, 2.05) is 25.6 Å². The molecule has 0 amide bonds. The van der Waals surface area contributed by atoms with E-state index in [1.54, 1.807) is 0 Å². The van der Waals surface area contributed by atoms with Gasteiger partial charge in [-0.2, -0.15) is 5.10 Å². The average molecular weight is 317 g/mol. The minimum Gasteiger partial charge on any atom is -0.489 e. The quantitative estimate of drug-likeness (QED) is 0.801. The zero-order chi connectivity index (χ0) is 13.2. The van der Waals surface area contributed by atoms with Crippen LogP contribution in [-0.2, 0) is 11.8 Å². The number of aromatic nitrogens is 2. The number of aryl methyl sites for hydroxylation is 2. The van der Waals surface area contributed by atoms with Crippen LogP contribution >= 0.6 is 15.9 Å². The summed E-state index contributed by atoms with van der Waals surface area (Å²) in [6, 6.07) is 0. The fraction of sp³-hybridized carbons (Fsp3) is 0.769. The van der Waals surface area contributed by atoms with Crippen LogP contribution in [0.1, 0.15) is 24.2 Å². The zero-order valence-corrected chi connectivity index (χ0v) is 12.9. The summed E-state index contributed by atoms with van der Waals surface area (Å²) >= 11 is 3.63. The monoisotopic (exact) mass is 316 g/mol. The van der Waals surface area contributed by atoms with Crippen LogP contribution in [0.5, 0.6) is 5.75 Å². The van der Waals surface area contributed by atoms with Gasteiger partial charge in [0.05, 0.1) is 12.3 Å². The van der Waals surface area contributed by atoms with Gasteiger partial charge in [0, 0.05) is 31.0 Å². The maximum absolute atomic E-state index is 6.05. The minimum atomic E-state index is 0.201. The van der Waals surface area contributed by atoms with E-state index in [4.69, 9.17) is 9.47 Å². The first kappa shape index (κ1) is 13.9. The molecule has 2 heterocycles. The van der Waals surface area contributed by atoms with Crippen LogP contribution in [0.15, 0.2) is 0 Å². The van der Waals surface area contributed by atoms with Gasteiger partial charge < -0.3 is 9.47 Å². The lowest BCUT2D eigenvalue weighted by atomic mass is 9.83. The normalized spacial score (nSPS) is 18.9. The first-order valence-electron chi connectivity index (χ1n) is 6.35. The van der Waals surface area contributed by atoms with Crippen LogP contribution in [0.3, 0.4) is 0 Å². The van der Waals surface area contributed by atoms with Crippen molar-refractivity contribution in [2.24, 2.45) is 12.5 Å². The van der Waals surface area contributed by atoms with E-state index in [0.717, 1.165) is 55.1 Å². The van der Waals surface area contributed by atoms with Crippen LogP contribution in [0.25, 0.3) is 0 Å². The van der Waals surface area contributed by atoms with Crippen molar-refractivity contribution in [2.75, 3.05) is 25.2 Å². The van der Waals surface area contributed by atoms with Crippen LogP contribution in [0.4, 0.5) is 0 Å². The van der Waals surface area contributed by atoms with Crippen molar-refractivity contribution in [3.63, 3.8) is 0 Å². The highest BCUT2D eigenvalue weighted by atomic mass is 79.9.